The predicted molar refractivity (Wildman–Crippen MR) is 138 cm³/mol. The van der Waals surface area contributed by atoms with Gasteiger partial charge in [0.05, 0.1) is 18.1 Å². The molecule has 4 nitrogen and oxygen atoms in total. The fraction of sp³-hybridized carbons (Fsp3) is 0.793. The molecule has 4 fully saturated rings. The summed E-state index contributed by atoms with van der Waals surface area (Å²) in [6.45, 7) is 8.50. The Morgan fingerprint density at radius 2 is 1.85 bits per heavy atom. The molecule has 2 heterocycles. The molecular formula is C29H43NO3S. The van der Waals surface area contributed by atoms with Gasteiger partial charge in [0.1, 0.15) is 5.60 Å². The third kappa shape index (κ3) is 3.29. The number of hydrogen-bond acceptors (Lipinski definition) is 5. The lowest BCUT2D eigenvalue weighted by atomic mass is 9.44. The van der Waals surface area contributed by atoms with Crippen molar-refractivity contribution in [2.75, 3.05) is 25.4 Å². The highest BCUT2D eigenvalue weighted by Crippen LogP contribution is 2.71. The topological polar surface area (TPSA) is 56.8 Å². The van der Waals surface area contributed by atoms with Gasteiger partial charge in [-0.25, -0.2) is 0 Å². The zero-order valence-corrected chi connectivity index (χ0v) is 21.9. The van der Waals surface area contributed by atoms with Gasteiger partial charge >= 0.3 is 0 Å². The summed E-state index contributed by atoms with van der Waals surface area (Å²) in [5.74, 6) is 2.04. The molecule has 1 aromatic heterocycles. The predicted octanol–water partition coefficient (Wildman–Crippen LogP) is 5.74. The van der Waals surface area contributed by atoms with Gasteiger partial charge in [-0.3, -0.25) is 0 Å². The van der Waals surface area contributed by atoms with Crippen LogP contribution in [-0.2, 0) is 5.60 Å². The molecule has 0 unspecified atom stereocenters. The van der Waals surface area contributed by atoms with Crippen molar-refractivity contribution in [3.05, 3.63) is 35.8 Å². The van der Waals surface area contributed by atoms with Crippen LogP contribution in [0.2, 0.25) is 0 Å². The van der Waals surface area contributed by atoms with E-state index in [-0.39, 0.29) is 11.3 Å². The molecule has 2 N–H and O–H groups in total. The maximum atomic E-state index is 12.4. The molecule has 0 aromatic carbocycles. The summed E-state index contributed by atoms with van der Waals surface area (Å²) in [5.41, 5.74) is 0.401. The summed E-state index contributed by atoms with van der Waals surface area (Å²) >= 11 is 2.17. The van der Waals surface area contributed by atoms with Gasteiger partial charge < -0.3 is 19.5 Å². The largest absolute Gasteiger partial charge is 0.472 e. The Bertz CT molecular complexity index is 926. The summed E-state index contributed by atoms with van der Waals surface area (Å²) < 4.78 is 5.36. The highest BCUT2D eigenvalue weighted by molar-refractivity contribution is 8.00. The van der Waals surface area contributed by atoms with E-state index in [4.69, 9.17) is 4.42 Å². The minimum Gasteiger partial charge on any atom is -0.472 e. The summed E-state index contributed by atoms with van der Waals surface area (Å²) in [4.78, 5) is 2.63. The van der Waals surface area contributed by atoms with Crippen molar-refractivity contribution < 1.29 is 14.6 Å². The molecule has 5 heteroatoms. The first-order valence-corrected chi connectivity index (χ1v) is 14.9. The maximum absolute atomic E-state index is 12.4. The van der Waals surface area contributed by atoms with Gasteiger partial charge in [0.25, 0.3) is 0 Å². The van der Waals surface area contributed by atoms with Crippen LogP contribution in [0.3, 0.4) is 0 Å². The van der Waals surface area contributed by atoms with Crippen molar-refractivity contribution in [3.8, 4) is 0 Å². The third-order valence-electron chi connectivity index (χ3n) is 11.3. The molecule has 6 rings (SSSR count). The molecule has 0 spiro atoms. The first kappa shape index (κ1) is 23.6. The quantitative estimate of drug-likeness (QED) is 0.521. The lowest BCUT2D eigenvalue weighted by molar-refractivity contribution is -0.221. The zero-order chi connectivity index (χ0) is 23.6. The number of aliphatic hydroxyl groups is 2. The van der Waals surface area contributed by atoms with E-state index in [0.717, 1.165) is 31.2 Å². The fourth-order valence-electron chi connectivity index (χ4n) is 9.12. The minimum atomic E-state index is -1.000. The smallest absolute Gasteiger partial charge is 0.101 e. The molecule has 1 aromatic rings. The van der Waals surface area contributed by atoms with E-state index in [0.29, 0.717) is 24.0 Å². The first-order valence-electron chi connectivity index (χ1n) is 13.8. The summed E-state index contributed by atoms with van der Waals surface area (Å²) in [6.07, 6.45) is 16.7. The Morgan fingerprint density at radius 3 is 2.62 bits per heavy atom. The third-order valence-corrected chi connectivity index (χ3v) is 12.6. The lowest BCUT2D eigenvalue weighted by Gasteiger charge is -2.62. The second-order valence-electron chi connectivity index (χ2n) is 12.5. The van der Waals surface area contributed by atoms with Gasteiger partial charge in [0.15, 0.2) is 0 Å². The second kappa shape index (κ2) is 8.39. The van der Waals surface area contributed by atoms with E-state index < -0.39 is 16.6 Å². The Morgan fingerprint density at radius 1 is 1.03 bits per heavy atom. The van der Waals surface area contributed by atoms with Crippen LogP contribution < -0.4 is 0 Å². The van der Waals surface area contributed by atoms with Gasteiger partial charge in [0, 0.05) is 28.5 Å². The molecule has 34 heavy (non-hydrogen) atoms. The molecule has 1 saturated heterocycles. The standard InChI is InChI=1S/C29H43NO3S/c1-26-10-7-23(34-18-16-30-14-3-4-15-30)19-21(26)5-6-25-24(26)8-11-27(2)28(31,12-13-29(25,27)32)22-9-17-33-20-22/h9,17,19-20,23-25,31-32H,3-8,10-16,18H2,1-2H3/t23-,24-,25+,26-,27+,28-,29-/m0/s1. The molecule has 1 aliphatic heterocycles. The Hall–Kier alpha value is -0.750. The Labute approximate surface area is 209 Å². The first-order chi connectivity index (χ1) is 16.3. The molecule has 0 radical (unpaired) electrons. The molecular weight excluding hydrogens is 442 g/mol. The number of nitrogens with zero attached hydrogens (tertiary/aromatic N) is 1. The Balaban J connectivity index is 1.20. The minimum absolute atomic E-state index is 0.211. The molecule has 0 amide bonds. The fourth-order valence-corrected chi connectivity index (χ4v) is 10.3. The molecule has 7 atom stereocenters. The molecule has 5 aliphatic rings. The average Bonchev–Trinajstić information content (AvgIpc) is 3.57. The van der Waals surface area contributed by atoms with Crippen molar-refractivity contribution in [1.82, 2.24) is 4.90 Å². The second-order valence-corrected chi connectivity index (χ2v) is 13.9. The normalized spacial score (nSPS) is 46.6. The number of hydrogen-bond donors (Lipinski definition) is 2. The SMILES string of the molecule is C[C@]12CC[C@H]3[C@@H](CCC4=C[C@@H](SCCN5CCCC5)CC[C@@]43C)[C@@]1(O)CC[C@]2(O)c1ccoc1. The average molecular weight is 486 g/mol. The van der Waals surface area contributed by atoms with Crippen LogP contribution in [-0.4, -0.2) is 51.4 Å². The van der Waals surface area contributed by atoms with Crippen molar-refractivity contribution in [2.45, 2.75) is 94.5 Å². The molecule has 3 saturated carbocycles. The van der Waals surface area contributed by atoms with Crippen LogP contribution >= 0.6 is 11.8 Å². The Kier molecular flexibility index (Phi) is 5.84. The summed E-state index contributed by atoms with van der Waals surface area (Å²) in [5, 5.41) is 24.9. The van der Waals surface area contributed by atoms with Gasteiger partial charge in [-0.05, 0) is 101 Å². The van der Waals surface area contributed by atoms with Crippen molar-refractivity contribution >= 4 is 11.8 Å². The van der Waals surface area contributed by atoms with E-state index in [2.05, 4.69) is 36.6 Å². The lowest BCUT2D eigenvalue weighted by Crippen LogP contribution is -2.63. The van der Waals surface area contributed by atoms with Crippen molar-refractivity contribution in [3.63, 3.8) is 0 Å². The van der Waals surface area contributed by atoms with Gasteiger partial charge in [0.2, 0.25) is 0 Å². The molecule has 0 bridgehead atoms. The molecule has 4 aliphatic carbocycles. The van der Waals surface area contributed by atoms with Crippen LogP contribution in [0.25, 0.3) is 0 Å². The van der Waals surface area contributed by atoms with Crippen LogP contribution in [0.4, 0.5) is 0 Å². The van der Waals surface area contributed by atoms with Crippen molar-refractivity contribution in [1.29, 1.82) is 0 Å². The number of furan rings is 1. The summed E-state index contributed by atoms with van der Waals surface area (Å²) in [6, 6.07) is 1.90. The number of fused-ring (bicyclic) bond motifs is 5. The number of rotatable bonds is 5. The zero-order valence-electron chi connectivity index (χ0n) is 21.1. The van der Waals surface area contributed by atoms with E-state index in [9.17, 15) is 10.2 Å². The van der Waals surface area contributed by atoms with Crippen LogP contribution in [0.5, 0.6) is 0 Å². The van der Waals surface area contributed by atoms with E-state index in [1.807, 2.05) is 6.07 Å². The van der Waals surface area contributed by atoms with E-state index >= 15 is 0 Å². The van der Waals surface area contributed by atoms with Crippen LogP contribution in [0, 0.1) is 22.7 Å². The number of allylic oxidation sites excluding steroid dienone is 1. The monoisotopic (exact) mass is 485 g/mol. The van der Waals surface area contributed by atoms with Gasteiger partial charge in [-0.2, -0.15) is 11.8 Å². The van der Waals surface area contributed by atoms with E-state index in [1.54, 1.807) is 18.1 Å². The van der Waals surface area contributed by atoms with E-state index in [1.165, 1.54) is 51.1 Å². The summed E-state index contributed by atoms with van der Waals surface area (Å²) in [7, 11) is 0. The van der Waals surface area contributed by atoms with Gasteiger partial charge in [-0.15, -0.1) is 0 Å². The van der Waals surface area contributed by atoms with Gasteiger partial charge in [-0.1, -0.05) is 25.5 Å². The van der Waals surface area contributed by atoms with Crippen molar-refractivity contribution in [2.24, 2.45) is 22.7 Å². The van der Waals surface area contributed by atoms with Crippen LogP contribution in [0.1, 0.15) is 83.6 Å². The number of thioether (sulfide) groups is 1. The maximum Gasteiger partial charge on any atom is 0.101 e. The number of likely N-dealkylation sites (tertiary alicyclic amines) is 1. The highest BCUT2D eigenvalue weighted by atomic mass is 32.2. The van der Waals surface area contributed by atoms with Crippen LogP contribution in [0.15, 0.2) is 34.7 Å². The highest BCUT2D eigenvalue weighted by Gasteiger charge is 2.71. The molecule has 188 valence electrons.